The Morgan fingerprint density at radius 1 is 1.67 bits per heavy atom. The van der Waals surface area contributed by atoms with E-state index in [-0.39, 0.29) is 0 Å². The van der Waals surface area contributed by atoms with Gasteiger partial charge < -0.3 is 11.1 Å². The second-order valence-corrected chi connectivity index (χ2v) is 6.10. The van der Waals surface area contributed by atoms with E-state index >= 15 is 0 Å². The number of nitrogens with zero attached hydrogens (tertiary/aromatic N) is 1. The molecule has 1 aliphatic rings. The Labute approximate surface area is 96.6 Å². The molecule has 0 spiro atoms. The van der Waals surface area contributed by atoms with E-state index < -0.39 is 0 Å². The second kappa shape index (κ2) is 5.45. The van der Waals surface area contributed by atoms with Crippen molar-refractivity contribution in [1.29, 1.82) is 0 Å². The minimum Gasteiger partial charge on any atom is -0.370 e. The van der Waals surface area contributed by atoms with Gasteiger partial charge in [0.2, 0.25) is 0 Å². The third-order valence-electron chi connectivity index (χ3n) is 2.46. The summed E-state index contributed by atoms with van der Waals surface area (Å²) in [7, 11) is 0. The van der Waals surface area contributed by atoms with Crippen molar-refractivity contribution in [2.75, 3.05) is 18.8 Å². The molecule has 86 valence electrons. The van der Waals surface area contributed by atoms with E-state index in [4.69, 9.17) is 5.73 Å². The maximum atomic E-state index is 5.75. The van der Waals surface area contributed by atoms with Crippen molar-refractivity contribution in [3.63, 3.8) is 0 Å². The van der Waals surface area contributed by atoms with Gasteiger partial charge >= 0.3 is 0 Å². The first-order valence-electron chi connectivity index (χ1n) is 5.34. The Morgan fingerprint density at radius 3 is 2.93 bits per heavy atom. The van der Waals surface area contributed by atoms with Crippen LogP contribution in [-0.2, 0) is 0 Å². The molecule has 3 nitrogen and oxygen atoms in total. The van der Waals surface area contributed by atoms with Crippen LogP contribution in [0.3, 0.4) is 0 Å². The SMILES string of the molecule is C=C(C)CNC(N)=NCC1(C)CCCS1. The summed E-state index contributed by atoms with van der Waals surface area (Å²) in [4.78, 5) is 4.37. The lowest BCUT2D eigenvalue weighted by atomic mass is 10.1. The lowest BCUT2D eigenvalue weighted by Gasteiger charge is -2.19. The van der Waals surface area contributed by atoms with E-state index in [1.165, 1.54) is 18.6 Å². The topological polar surface area (TPSA) is 50.4 Å². The first kappa shape index (κ1) is 12.4. The standard InChI is InChI=1S/C11H21N3S/c1-9(2)7-13-10(12)14-8-11(3)5-4-6-15-11/h1,4-8H2,2-3H3,(H3,12,13,14). The van der Waals surface area contributed by atoms with Gasteiger partial charge in [0.1, 0.15) is 0 Å². The zero-order valence-electron chi connectivity index (χ0n) is 9.68. The average molecular weight is 227 g/mol. The third-order valence-corrected chi connectivity index (χ3v) is 3.98. The highest BCUT2D eigenvalue weighted by atomic mass is 32.2. The Hall–Kier alpha value is -0.640. The van der Waals surface area contributed by atoms with Crippen molar-refractivity contribution in [1.82, 2.24) is 5.32 Å². The Balaban J connectivity index is 2.32. The fourth-order valence-corrected chi connectivity index (χ4v) is 2.74. The molecule has 1 aliphatic heterocycles. The second-order valence-electron chi connectivity index (χ2n) is 4.41. The molecule has 0 bridgehead atoms. The zero-order valence-corrected chi connectivity index (χ0v) is 10.5. The van der Waals surface area contributed by atoms with Crippen LogP contribution in [0.15, 0.2) is 17.1 Å². The molecule has 1 fully saturated rings. The molecular weight excluding hydrogens is 206 g/mol. The summed E-state index contributed by atoms with van der Waals surface area (Å²) in [5, 5.41) is 3.04. The van der Waals surface area contributed by atoms with Crippen LogP contribution in [0.4, 0.5) is 0 Å². The zero-order chi connectivity index (χ0) is 11.3. The Kier molecular flexibility index (Phi) is 4.51. The van der Waals surface area contributed by atoms with Gasteiger partial charge in [-0.3, -0.25) is 4.99 Å². The van der Waals surface area contributed by atoms with Crippen molar-refractivity contribution >= 4 is 17.7 Å². The fraction of sp³-hybridized carbons (Fsp3) is 0.727. The Morgan fingerprint density at radius 2 is 2.40 bits per heavy atom. The van der Waals surface area contributed by atoms with Gasteiger partial charge in [-0.25, -0.2) is 0 Å². The number of rotatable bonds is 4. The third kappa shape index (κ3) is 4.60. The van der Waals surface area contributed by atoms with E-state index in [1.54, 1.807) is 0 Å². The number of nitrogens with one attached hydrogen (secondary N) is 1. The summed E-state index contributed by atoms with van der Waals surface area (Å²) in [6, 6.07) is 0. The summed E-state index contributed by atoms with van der Waals surface area (Å²) >= 11 is 2.00. The summed E-state index contributed by atoms with van der Waals surface area (Å²) in [5.74, 6) is 1.79. The molecule has 0 aromatic heterocycles. The number of aliphatic imine (C=N–C) groups is 1. The number of hydrogen-bond acceptors (Lipinski definition) is 2. The summed E-state index contributed by atoms with van der Waals surface area (Å²) < 4.78 is 0.301. The van der Waals surface area contributed by atoms with Crippen molar-refractivity contribution in [3.05, 3.63) is 12.2 Å². The molecule has 1 unspecified atom stereocenters. The molecule has 15 heavy (non-hydrogen) atoms. The number of thioether (sulfide) groups is 1. The molecule has 3 N–H and O–H groups in total. The van der Waals surface area contributed by atoms with Crippen molar-refractivity contribution in [2.24, 2.45) is 10.7 Å². The molecular formula is C11H21N3S. The number of nitrogens with two attached hydrogens (primary N) is 1. The molecule has 0 amide bonds. The smallest absolute Gasteiger partial charge is 0.188 e. The molecule has 1 saturated heterocycles. The average Bonchev–Trinajstić information content (AvgIpc) is 2.60. The molecule has 0 saturated carbocycles. The van der Waals surface area contributed by atoms with Crippen molar-refractivity contribution in [2.45, 2.75) is 31.4 Å². The Bertz CT molecular complexity index is 255. The highest BCUT2D eigenvalue weighted by Gasteiger charge is 2.28. The number of guanidine groups is 1. The van der Waals surface area contributed by atoms with E-state index in [2.05, 4.69) is 23.8 Å². The molecule has 0 aliphatic carbocycles. The monoisotopic (exact) mass is 227 g/mol. The molecule has 1 atom stereocenters. The van der Waals surface area contributed by atoms with E-state index in [1.807, 2.05) is 18.7 Å². The van der Waals surface area contributed by atoms with Gasteiger partial charge in [-0.2, -0.15) is 11.8 Å². The minimum atomic E-state index is 0.301. The predicted octanol–water partition coefficient (Wildman–Crippen LogP) is 1.75. The van der Waals surface area contributed by atoms with Crippen LogP contribution in [0, 0.1) is 0 Å². The van der Waals surface area contributed by atoms with E-state index in [0.29, 0.717) is 17.3 Å². The maximum Gasteiger partial charge on any atom is 0.188 e. The molecule has 0 radical (unpaired) electrons. The van der Waals surface area contributed by atoms with Crippen LogP contribution in [0.2, 0.25) is 0 Å². The van der Waals surface area contributed by atoms with Crippen molar-refractivity contribution in [3.8, 4) is 0 Å². The normalized spacial score (nSPS) is 26.7. The largest absolute Gasteiger partial charge is 0.370 e. The first-order chi connectivity index (χ1) is 7.02. The minimum absolute atomic E-state index is 0.301. The van der Waals surface area contributed by atoms with E-state index in [9.17, 15) is 0 Å². The highest BCUT2D eigenvalue weighted by molar-refractivity contribution is 8.00. The van der Waals surface area contributed by atoms with Gasteiger partial charge in [-0.1, -0.05) is 12.2 Å². The molecule has 1 rings (SSSR count). The lowest BCUT2D eigenvalue weighted by molar-refractivity contribution is 0.617. The first-order valence-corrected chi connectivity index (χ1v) is 6.32. The molecule has 1 heterocycles. The molecule has 4 heteroatoms. The van der Waals surface area contributed by atoms with Crippen LogP contribution in [-0.4, -0.2) is 29.5 Å². The molecule has 0 aromatic carbocycles. The number of hydrogen-bond donors (Lipinski definition) is 2. The molecule has 0 aromatic rings. The van der Waals surface area contributed by atoms with Gasteiger partial charge in [0.15, 0.2) is 5.96 Å². The van der Waals surface area contributed by atoms with Crippen molar-refractivity contribution < 1.29 is 0 Å². The predicted molar refractivity (Wildman–Crippen MR) is 69.4 cm³/mol. The van der Waals surface area contributed by atoms with Gasteiger partial charge in [0.25, 0.3) is 0 Å². The highest BCUT2D eigenvalue weighted by Crippen LogP contribution is 2.37. The van der Waals surface area contributed by atoms with Crippen LogP contribution in [0.1, 0.15) is 26.7 Å². The van der Waals surface area contributed by atoms with Crippen LogP contribution >= 0.6 is 11.8 Å². The van der Waals surface area contributed by atoms with Gasteiger partial charge in [0.05, 0.1) is 6.54 Å². The summed E-state index contributed by atoms with van der Waals surface area (Å²) in [6.45, 7) is 9.55. The summed E-state index contributed by atoms with van der Waals surface area (Å²) in [6.07, 6.45) is 2.55. The fourth-order valence-electron chi connectivity index (χ4n) is 1.51. The van der Waals surface area contributed by atoms with Crippen LogP contribution in [0.5, 0.6) is 0 Å². The maximum absolute atomic E-state index is 5.75. The van der Waals surface area contributed by atoms with Gasteiger partial charge in [-0.05, 0) is 32.4 Å². The van der Waals surface area contributed by atoms with Gasteiger partial charge in [-0.15, -0.1) is 0 Å². The van der Waals surface area contributed by atoms with Gasteiger partial charge in [0, 0.05) is 11.3 Å². The van der Waals surface area contributed by atoms with Crippen LogP contribution < -0.4 is 11.1 Å². The lowest BCUT2D eigenvalue weighted by Crippen LogP contribution is -2.34. The van der Waals surface area contributed by atoms with E-state index in [0.717, 1.165) is 12.1 Å². The van der Waals surface area contributed by atoms with Crippen LogP contribution in [0.25, 0.3) is 0 Å². The summed E-state index contributed by atoms with van der Waals surface area (Å²) in [5.41, 5.74) is 6.81. The quantitative estimate of drug-likeness (QED) is 0.437.